The van der Waals surface area contributed by atoms with Crippen LogP contribution < -0.4 is 15.0 Å². The molecule has 160 valence electrons. The van der Waals surface area contributed by atoms with Crippen LogP contribution in [0.1, 0.15) is 51.1 Å². The zero-order valence-corrected chi connectivity index (χ0v) is 17.9. The first kappa shape index (κ1) is 19.4. The molecular weight excluding hydrogens is 380 g/mol. The summed E-state index contributed by atoms with van der Waals surface area (Å²) >= 11 is 0. The first-order valence-corrected chi connectivity index (χ1v) is 11.0. The molecule has 1 aliphatic carbocycles. The minimum atomic E-state index is -0.315. The lowest BCUT2D eigenvalue weighted by atomic mass is 9.91. The monoisotopic (exact) mass is 410 g/mol. The summed E-state index contributed by atoms with van der Waals surface area (Å²) in [5.41, 5.74) is 4.14. The molecule has 7 heteroatoms. The van der Waals surface area contributed by atoms with Crippen molar-refractivity contribution in [3.8, 4) is 16.9 Å². The molecule has 30 heavy (non-hydrogen) atoms. The molecule has 5 rings (SSSR count). The van der Waals surface area contributed by atoms with Gasteiger partial charge in [-0.2, -0.15) is 5.10 Å². The van der Waals surface area contributed by atoms with Gasteiger partial charge in [0.05, 0.1) is 31.1 Å². The summed E-state index contributed by atoms with van der Waals surface area (Å²) in [4.78, 5) is 14.3. The molecule has 1 aromatic carbocycles. The molecule has 0 bridgehead atoms. The second kappa shape index (κ2) is 7.61. The van der Waals surface area contributed by atoms with E-state index in [0.717, 1.165) is 60.4 Å². The minimum absolute atomic E-state index is 0.0997. The van der Waals surface area contributed by atoms with Gasteiger partial charge in [-0.05, 0) is 58.1 Å². The first-order chi connectivity index (χ1) is 14.6. The number of aromatic nitrogens is 2. The lowest BCUT2D eigenvalue weighted by Gasteiger charge is -2.37. The molecule has 3 heterocycles. The summed E-state index contributed by atoms with van der Waals surface area (Å²) in [6.07, 6.45) is 9.16. The van der Waals surface area contributed by atoms with Crippen molar-refractivity contribution in [1.82, 2.24) is 15.1 Å². The van der Waals surface area contributed by atoms with Crippen molar-refractivity contribution in [2.75, 3.05) is 18.6 Å². The largest absolute Gasteiger partial charge is 0.489 e. The average molecular weight is 411 g/mol. The summed E-state index contributed by atoms with van der Waals surface area (Å²) < 4.78 is 13.7. The van der Waals surface area contributed by atoms with E-state index in [9.17, 15) is 4.79 Å². The number of methoxy groups -OCH3 is 1. The van der Waals surface area contributed by atoms with Crippen LogP contribution in [0.4, 0.5) is 10.5 Å². The van der Waals surface area contributed by atoms with Gasteiger partial charge in [-0.15, -0.1) is 0 Å². The number of hydrogen-bond acceptors (Lipinski definition) is 5. The van der Waals surface area contributed by atoms with Gasteiger partial charge in [0.15, 0.2) is 0 Å². The number of fused-ring (bicyclic) bond motifs is 1. The summed E-state index contributed by atoms with van der Waals surface area (Å²) in [7, 11) is 1.44. The second-order valence-electron chi connectivity index (χ2n) is 8.81. The second-order valence-corrected chi connectivity index (χ2v) is 8.81. The lowest BCUT2D eigenvalue weighted by molar-refractivity contribution is 0.119. The summed E-state index contributed by atoms with van der Waals surface area (Å²) in [5.74, 6) is 0.914. The fourth-order valence-corrected chi connectivity index (χ4v) is 4.64. The number of ether oxygens (including phenoxy) is 2. The number of hydrogen-bond donors (Lipinski definition) is 1. The Hall–Kier alpha value is -2.54. The van der Waals surface area contributed by atoms with Gasteiger partial charge in [0.1, 0.15) is 5.75 Å². The molecule has 7 nitrogen and oxygen atoms in total. The highest BCUT2D eigenvalue weighted by atomic mass is 16.5. The van der Waals surface area contributed by atoms with Gasteiger partial charge < -0.3 is 14.8 Å². The molecule has 0 spiro atoms. The Labute approximate surface area is 177 Å². The number of nitrogens with one attached hydrogen (secondary N) is 1. The Morgan fingerprint density at radius 2 is 2.07 bits per heavy atom. The van der Waals surface area contributed by atoms with Crippen molar-refractivity contribution < 1.29 is 14.3 Å². The zero-order valence-electron chi connectivity index (χ0n) is 17.9. The van der Waals surface area contributed by atoms with E-state index >= 15 is 0 Å². The average Bonchev–Trinajstić information content (AvgIpc) is 3.17. The van der Waals surface area contributed by atoms with Gasteiger partial charge in [-0.1, -0.05) is 0 Å². The van der Waals surface area contributed by atoms with Gasteiger partial charge in [0.2, 0.25) is 0 Å². The van der Waals surface area contributed by atoms with Crippen LogP contribution in [0.2, 0.25) is 0 Å². The summed E-state index contributed by atoms with van der Waals surface area (Å²) in [6.45, 7) is 5.20. The molecule has 2 fully saturated rings. The molecule has 1 N–H and O–H groups in total. The lowest BCUT2D eigenvalue weighted by Crippen LogP contribution is -2.51. The van der Waals surface area contributed by atoms with E-state index < -0.39 is 0 Å². The van der Waals surface area contributed by atoms with Crippen LogP contribution in [0.15, 0.2) is 24.5 Å². The molecule has 2 aliphatic heterocycles. The predicted molar refractivity (Wildman–Crippen MR) is 115 cm³/mol. The molecular formula is C23H30N4O3. The van der Waals surface area contributed by atoms with E-state index in [0.29, 0.717) is 12.1 Å². The highest BCUT2D eigenvalue weighted by molar-refractivity contribution is 5.92. The van der Waals surface area contributed by atoms with Crippen LogP contribution >= 0.6 is 0 Å². The zero-order chi connectivity index (χ0) is 20.8. The third kappa shape index (κ3) is 3.16. The highest BCUT2D eigenvalue weighted by Crippen LogP contribution is 2.44. The number of anilines is 1. The van der Waals surface area contributed by atoms with Gasteiger partial charge in [0, 0.05) is 41.5 Å². The first-order valence-electron chi connectivity index (χ1n) is 11.0. The fourth-order valence-electron chi connectivity index (χ4n) is 4.64. The minimum Gasteiger partial charge on any atom is -0.489 e. The quantitative estimate of drug-likeness (QED) is 0.827. The molecule has 1 aromatic heterocycles. The van der Waals surface area contributed by atoms with Crippen LogP contribution in [0.3, 0.4) is 0 Å². The Morgan fingerprint density at radius 3 is 2.70 bits per heavy atom. The maximum Gasteiger partial charge on any atom is 0.414 e. The summed E-state index contributed by atoms with van der Waals surface area (Å²) in [6, 6.07) is 5.04. The van der Waals surface area contributed by atoms with E-state index in [-0.39, 0.29) is 18.2 Å². The Kier molecular flexibility index (Phi) is 4.93. The third-order valence-electron chi connectivity index (χ3n) is 6.93. The van der Waals surface area contributed by atoms with Gasteiger partial charge in [-0.3, -0.25) is 9.58 Å². The smallest absolute Gasteiger partial charge is 0.414 e. The Bertz CT molecular complexity index is 952. The molecule has 1 unspecified atom stereocenters. The van der Waals surface area contributed by atoms with Crippen molar-refractivity contribution in [3.05, 3.63) is 30.1 Å². The number of benzene rings is 1. The van der Waals surface area contributed by atoms with E-state index in [4.69, 9.17) is 9.47 Å². The van der Waals surface area contributed by atoms with Crippen LogP contribution in [0.25, 0.3) is 11.1 Å². The van der Waals surface area contributed by atoms with Crippen LogP contribution in [0.5, 0.6) is 5.75 Å². The molecule has 3 atom stereocenters. The van der Waals surface area contributed by atoms with E-state index in [1.807, 2.05) is 12.3 Å². The standard InChI is InChI=1S/C23H30N4O3/c1-14-7-8-19-20(27(14)23(28)29-3)10-9-18(22(19)30-17-5-4-6-17)16-11-25-26(13-16)21-12-24-15(21)2/h9-11,13-15,17,21,24H,4-8,12H2,1-3H3/t14-,15-,21?/m0/s1. The van der Waals surface area contributed by atoms with Gasteiger partial charge in [-0.25, -0.2) is 4.79 Å². The fraction of sp³-hybridized carbons (Fsp3) is 0.565. The Morgan fingerprint density at radius 1 is 1.23 bits per heavy atom. The maximum atomic E-state index is 12.5. The van der Waals surface area contributed by atoms with Gasteiger partial charge >= 0.3 is 6.09 Å². The maximum absolute atomic E-state index is 12.5. The predicted octanol–water partition coefficient (Wildman–Crippen LogP) is 3.92. The van der Waals surface area contributed by atoms with E-state index in [1.54, 1.807) is 4.90 Å². The van der Waals surface area contributed by atoms with E-state index in [2.05, 4.69) is 41.2 Å². The van der Waals surface area contributed by atoms with Crippen molar-refractivity contribution >= 4 is 11.8 Å². The SMILES string of the molecule is COC(=O)N1c2ccc(-c3cnn(C4CN[C@H]4C)c3)c(OC3CCC3)c2CC[C@@H]1C. The molecule has 3 aliphatic rings. The van der Waals surface area contributed by atoms with Crippen LogP contribution in [-0.4, -0.2) is 47.7 Å². The number of nitrogens with zero attached hydrogens (tertiary/aromatic N) is 3. The number of rotatable bonds is 4. The topological polar surface area (TPSA) is 68.6 Å². The third-order valence-corrected chi connectivity index (χ3v) is 6.93. The summed E-state index contributed by atoms with van der Waals surface area (Å²) in [5, 5.41) is 8.03. The number of carbonyl (C=O) groups excluding carboxylic acids is 1. The Balaban J connectivity index is 1.57. The molecule has 1 saturated heterocycles. The van der Waals surface area contributed by atoms with Crippen molar-refractivity contribution in [2.45, 2.75) is 70.2 Å². The molecule has 1 saturated carbocycles. The molecule has 0 radical (unpaired) electrons. The normalized spacial score (nSPS) is 25.8. The van der Waals surface area contributed by atoms with Crippen molar-refractivity contribution in [1.29, 1.82) is 0 Å². The molecule has 1 amide bonds. The van der Waals surface area contributed by atoms with Gasteiger partial charge in [0.25, 0.3) is 0 Å². The highest BCUT2D eigenvalue weighted by Gasteiger charge is 2.34. The van der Waals surface area contributed by atoms with E-state index in [1.165, 1.54) is 13.5 Å². The van der Waals surface area contributed by atoms with Crippen molar-refractivity contribution in [2.24, 2.45) is 0 Å². The number of amides is 1. The van der Waals surface area contributed by atoms with Crippen molar-refractivity contribution in [3.63, 3.8) is 0 Å². The molecule has 2 aromatic rings. The number of carbonyl (C=O) groups is 1. The van der Waals surface area contributed by atoms with Crippen LogP contribution in [-0.2, 0) is 11.2 Å². The van der Waals surface area contributed by atoms with Crippen LogP contribution in [0, 0.1) is 0 Å².